The van der Waals surface area contributed by atoms with Crippen LogP contribution in [-0.4, -0.2) is 11.9 Å². The SMILES string of the molecule is N#Cc1c(-c2ccccc2)oc(-c2ccccc2)c1-c1ccccc1OC(=O)c1ccc(Br)cc1.N#Cc1c(-c2ccccc2)oc(-c2ccccc2)c1-c1ccccc1OC(=O)c1ccc(Br)cc1. The topological polar surface area (TPSA) is 126 Å². The van der Waals surface area contributed by atoms with Crippen LogP contribution < -0.4 is 9.47 Å². The molecular formula is C60H36Br2N2O6. The lowest BCUT2D eigenvalue weighted by atomic mass is 9.95. The van der Waals surface area contributed by atoms with E-state index in [1.807, 2.05) is 146 Å². The number of carbonyl (C=O) groups is 2. The largest absolute Gasteiger partial charge is 0.454 e. The van der Waals surface area contributed by atoms with Crippen LogP contribution in [0.25, 0.3) is 67.5 Å². The molecule has 0 aliphatic carbocycles. The van der Waals surface area contributed by atoms with Gasteiger partial charge in [-0.2, -0.15) is 10.5 Å². The molecule has 0 bridgehead atoms. The van der Waals surface area contributed by atoms with E-state index in [4.69, 9.17) is 18.3 Å². The number of benzene rings is 8. The number of esters is 2. The molecule has 2 heterocycles. The summed E-state index contributed by atoms with van der Waals surface area (Å²) in [4.78, 5) is 25.8. The van der Waals surface area contributed by atoms with Crippen molar-refractivity contribution in [3.05, 3.63) is 250 Å². The standard InChI is InChI=1S/2C30H18BrNO3/c2*31-23-17-15-22(16-18-23)30(33)34-26-14-8-7-13-24(26)27-25(19-32)28(20-9-3-1-4-10-20)35-29(27)21-11-5-2-6-12-21/h2*1-18H. The maximum absolute atomic E-state index is 12.9. The normalized spacial score (nSPS) is 10.5. The van der Waals surface area contributed by atoms with Gasteiger partial charge in [0.1, 0.15) is 46.3 Å². The molecule has 10 heteroatoms. The van der Waals surface area contributed by atoms with Gasteiger partial charge in [0.15, 0.2) is 11.5 Å². The van der Waals surface area contributed by atoms with Gasteiger partial charge in [-0.3, -0.25) is 0 Å². The van der Waals surface area contributed by atoms with Crippen molar-refractivity contribution in [3.63, 3.8) is 0 Å². The average molecular weight is 1040 g/mol. The molecule has 0 aliphatic rings. The molecule has 0 N–H and O–H groups in total. The first-order chi connectivity index (χ1) is 34.3. The van der Waals surface area contributed by atoms with Crippen molar-refractivity contribution in [3.8, 4) is 91.2 Å². The molecule has 0 amide bonds. The van der Waals surface area contributed by atoms with Crippen LogP contribution in [0.2, 0.25) is 0 Å². The fourth-order valence-electron chi connectivity index (χ4n) is 7.77. The number of hydrogen-bond donors (Lipinski definition) is 0. The summed E-state index contributed by atoms with van der Waals surface area (Å²) in [6.07, 6.45) is 0. The summed E-state index contributed by atoms with van der Waals surface area (Å²) >= 11 is 6.76. The molecule has 70 heavy (non-hydrogen) atoms. The summed E-state index contributed by atoms with van der Waals surface area (Å²) in [6.45, 7) is 0. The first-order valence-electron chi connectivity index (χ1n) is 21.8. The van der Waals surface area contributed by atoms with E-state index in [9.17, 15) is 20.1 Å². The summed E-state index contributed by atoms with van der Waals surface area (Å²) < 4.78 is 26.1. The van der Waals surface area contributed by atoms with Crippen LogP contribution >= 0.6 is 31.9 Å². The molecule has 0 atom stereocenters. The lowest BCUT2D eigenvalue weighted by Gasteiger charge is -2.11. The fraction of sp³-hybridized carbons (Fsp3) is 0. The molecule has 0 fully saturated rings. The first-order valence-corrected chi connectivity index (χ1v) is 23.4. The summed E-state index contributed by atoms with van der Waals surface area (Å²) in [6, 6.07) is 71.1. The minimum atomic E-state index is -0.489. The van der Waals surface area contributed by atoms with E-state index in [0.717, 1.165) is 31.2 Å². The number of para-hydroxylation sites is 2. The predicted octanol–water partition coefficient (Wildman–Crippen LogP) is 16.3. The highest BCUT2D eigenvalue weighted by Gasteiger charge is 2.28. The zero-order valence-electron chi connectivity index (χ0n) is 36.9. The van der Waals surface area contributed by atoms with Gasteiger partial charge in [-0.05, 0) is 60.7 Å². The molecule has 2 aromatic heterocycles. The van der Waals surface area contributed by atoms with Crippen LogP contribution in [-0.2, 0) is 0 Å². The Bertz CT molecular complexity index is 3300. The van der Waals surface area contributed by atoms with Gasteiger partial charge in [0.25, 0.3) is 0 Å². The Morgan fingerprint density at radius 3 is 0.971 bits per heavy atom. The van der Waals surface area contributed by atoms with E-state index < -0.39 is 11.9 Å². The van der Waals surface area contributed by atoms with Crippen molar-refractivity contribution in [2.75, 3.05) is 0 Å². The van der Waals surface area contributed by atoms with E-state index in [0.29, 0.717) is 79.0 Å². The molecule has 10 aromatic rings. The number of nitriles is 2. The number of carbonyl (C=O) groups excluding carboxylic acids is 2. The molecule has 336 valence electrons. The summed E-state index contributed by atoms with van der Waals surface area (Å²) in [5, 5.41) is 20.5. The van der Waals surface area contributed by atoms with Gasteiger partial charge >= 0.3 is 11.9 Å². The monoisotopic (exact) mass is 1040 g/mol. The Kier molecular flexibility index (Phi) is 14.2. The van der Waals surface area contributed by atoms with Crippen LogP contribution in [0.4, 0.5) is 0 Å². The molecule has 0 saturated heterocycles. The molecule has 0 radical (unpaired) electrons. The van der Waals surface area contributed by atoms with Gasteiger partial charge in [-0.25, -0.2) is 9.59 Å². The molecule has 8 nitrogen and oxygen atoms in total. The van der Waals surface area contributed by atoms with E-state index in [1.54, 1.807) is 72.8 Å². The Morgan fingerprint density at radius 2 is 0.657 bits per heavy atom. The van der Waals surface area contributed by atoms with Gasteiger partial charge in [-0.1, -0.05) is 190 Å². The minimum Gasteiger partial charge on any atom is -0.454 e. The number of nitrogens with zero attached hydrogens (tertiary/aromatic N) is 2. The number of ether oxygens (including phenoxy) is 2. The van der Waals surface area contributed by atoms with E-state index >= 15 is 0 Å². The molecule has 8 aromatic carbocycles. The van der Waals surface area contributed by atoms with Crippen molar-refractivity contribution in [1.82, 2.24) is 0 Å². The zero-order chi connectivity index (χ0) is 48.4. The summed E-state index contributed by atoms with van der Waals surface area (Å²) in [5.74, 6) is 1.71. The maximum atomic E-state index is 12.9. The second kappa shape index (κ2) is 21.4. The minimum absolute atomic E-state index is 0.342. The van der Waals surface area contributed by atoms with Crippen LogP contribution in [0.15, 0.2) is 236 Å². The highest BCUT2D eigenvalue weighted by molar-refractivity contribution is 9.10. The van der Waals surface area contributed by atoms with Crippen molar-refractivity contribution < 1.29 is 27.9 Å². The molecule has 0 saturated carbocycles. The van der Waals surface area contributed by atoms with E-state index in [1.165, 1.54) is 0 Å². The third kappa shape index (κ3) is 10.1. The molecule has 0 aliphatic heterocycles. The maximum Gasteiger partial charge on any atom is 0.343 e. The predicted molar refractivity (Wildman–Crippen MR) is 278 cm³/mol. The third-order valence-corrected chi connectivity index (χ3v) is 12.1. The van der Waals surface area contributed by atoms with E-state index in [-0.39, 0.29) is 0 Å². The van der Waals surface area contributed by atoms with Gasteiger partial charge < -0.3 is 18.3 Å². The summed E-state index contributed by atoms with van der Waals surface area (Å²) in [7, 11) is 0. The Labute approximate surface area is 420 Å². The molecule has 0 unspecified atom stereocenters. The number of rotatable bonds is 10. The van der Waals surface area contributed by atoms with Crippen LogP contribution in [0.5, 0.6) is 11.5 Å². The van der Waals surface area contributed by atoms with Crippen molar-refractivity contribution >= 4 is 43.8 Å². The van der Waals surface area contributed by atoms with Crippen LogP contribution in [0.3, 0.4) is 0 Å². The molecular weight excluding hydrogens is 1000 g/mol. The lowest BCUT2D eigenvalue weighted by Crippen LogP contribution is -2.09. The third-order valence-electron chi connectivity index (χ3n) is 11.1. The Morgan fingerprint density at radius 1 is 0.371 bits per heavy atom. The van der Waals surface area contributed by atoms with Crippen molar-refractivity contribution in [2.45, 2.75) is 0 Å². The number of halogens is 2. The van der Waals surface area contributed by atoms with Crippen molar-refractivity contribution in [2.24, 2.45) is 0 Å². The summed E-state index contributed by atoms with van der Waals surface area (Å²) in [5.41, 5.74) is 7.16. The quantitative estimate of drug-likeness (QED) is 0.0979. The fourth-order valence-corrected chi connectivity index (χ4v) is 8.30. The average Bonchev–Trinajstić information content (AvgIpc) is 4.00. The smallest absolute Gasteiger partial charge is 0.343 e. The zero-order valence-corrected chi connectivity index (χ0v) is 40.1. The van der Waals surface area contributed by atoms with Gasteiger partial charge in [-0.15, -0.1) is 0 Å². The second-order valence-electron chi connectivity index (χ2n) is 15.5. The van der Waals surface area contributed by atoms with Crippen LogP contribution in [0, 0.1) is 22.7 Å². The number of hydrogen-bond acceptors (Lipinski definition) is 8. The molecule has 10 rings (SSSR count). The lowest BCUT2D eigenvalue weighted by molar-refractivity contribution is 0.0726. The first kappa shape index (κ1) is 46.3. The Balaban J connectivity index is 0.000000174. The Hall–Kier alpha value is -8.80. The van der Waals surface area contributed by atoms with Gasteiger partial charge in [0.05, 0.1) is 22.3 Å². The highest BCUT2D eigenvalue weighted by atomic mass is 79.9. The van der Waals surface area contributed by atoms with Crippen LogP contribution in [0.1, 0.15) is 31.8 Å². The highest BCUT2D eigenvalue weighted by Crippen LogP contribution is 2.47. The molecule has 0 spiro atoms. The van der Waals surface area contributed by atoms with Gasteiger partial charge in [0, 0.05) is 42.3 Å². The second-order valence-corrected chi connectivity index (χ2v) is 17.3. The van der Waals surface area contributed by atoms with Gasteiger partial charge in [0.2, 0.25) is 0 Å². The van der Waals surface area contributed by atoms with E-state index in [2.05, 4.69) is 44.0 Å². The van der Waals surface area contributed by atoms with Crippen molar-refractivity contribution in [1.29, 1.82) is 10.5 Å². The number of furan rings is 2.